The zero-order valence-electron chi connectivity index (χ0n) is 11.6. The van der Waals surface area contributed by atoms with E-state index in [0.29, 0.717) is 22.0 Å². The molecule has 1 heterocycles. The van der Waals surface area contributed by atoms with E-state index in [2.05, 4.69) is 10.3 Å². The zero-order chi connectivity index (χ0) is 16.1. The van der Waals surface area contributed by atoms with Gasteiger partial charge in [0, 0.05) is 11.2 Å². The van der Waals surface area contributed by atoms with E-state index in [0.717, 1.165) is 0 Å². The highest BCUT2D eigenvalue weighted by Gasteiger charge is 2.12. The number of hydrogen-bond acceptors (Lipinski definition) is 4. The number of ether oxygens (including phenoxy) is 1. The van der Waals surface area contributed by atoms with Crippen LogP contribution in [0.3, 0.4) is 0 Å². The topological polar surface area (TPSA) is 68.3 Å². The van der Waals surface area contributed by atoms with Gasteiger partial charge in [0.05, 0.1) is 11.3 Å². The second-order valence-corrected chi connectivity index (χ2v) is 5.17. The summed E-state index contributed by atoms with van der Waals surface area (Å²) in [5.74, 6) is -0.322. The average Bonchev–Trinajstić information content (AvgIpc) is 2.48. The lowest BCUT2D eigenvalue weighted by Gasteiger charge is -2.11. The van der Waals surface area contributed by atoms with Gasteiger partial charge in [0.15, 0.2) is 17.5 Å². The van der Waals surface area contributed by atoms with Crippen LogP contribution >= 0.6 is 23.2 Å². The van der Waals surface area contributed by atoms with Crippen LogP contribution in [-0.4, -0.2) is 23.3 Å². The lowest BCUT2D eigenvalue weighted by Crippen LogP contribution is -2.21. The monoisotopic (exact) mass is 338 g/mol. The maximum atomic E-state index is 11.9. The summed E-state index contributed by atoms with van der Waals surface area (Å²) in [6, 6.07) is 7.89. The first-order valence-corrected chi connectivity index (χ1v) is 7.06. The van der Waals surface area contributed by atoms with E-state index in [9.17, 15) is 9.59 Å². The number of halogens is 2. The number of nitrogens with one attached hydrogen (secondary N) is 1. The third-order valence-electron chi connectivity index (χ3n) is 2.71. The highest BCUT2D eigenvalue weighted by Crippen LogP contribution is 2.23. The Balaban J connectivity index is 2.03. The number of nitrogens with zero attached hydrogens (tertiary/aromatic N) is 1. The van der Waals surface area contributed by atoms with E-state index in [1.807, 2.05) is 0 Å². The first-order valence-electron chi connectivity index (χ1n) is 6.31. The standard InChI is InChI=1S/C15H12Cl2N2O3/c1-9(20)11-7-10(16)4-5-13(11)22-8-14(21)19-12-3-2-6-18-15(12)17/h2-7H,8H2,1H3,(H,19,21). The number of amides is 1. The Morgan fingerprint density at radius 1 is 1.27 bits per heavy atom. The number of aromatic nitrogens is 1. The van der Waals surface area contributed by atoms with Crippen molar-refractivity contribution in [1.82, 2.24) is 4.98 Å². The van der Waals surface area contributed by atoms with Gasteiger partial charge in [-0.25, -0.2) is 4.98 Å². The van der Waals surface area contributed by atoms with Gasteiger partial charge in [-0.2, -0.15) is 0 Å². The molecular formula is C15H12Cl2N2O3. The number of Topliss-reactive ketones (excluding diaryl/α,β-unsaturated/α-hetero) is 1. The molecule has 1 amide bonds. The Morgan fingerprint density at radius 2 is 2.05 bits per heavy atom. The molecule has 0 aliphatic rings. The Labute approximate surface area is 137 Å². The number of carbonyl (C=O) groups excluding carboxylic acids is 2. The summed E-state index contributed by atoms with van der Waals surface area (Å²) in [4.78, 5) is 27.2. The highest BCUT2D eigenvalue weighted by molar-refractivity contribution is 6.32. The van der Waals surface area contributed by atoms with Crippen molar-refractivity contribution >= 4 is 40.6 Å². The summed E-state index contributed by atoms with van der Waals surface area (Å²) < 4.78 is 5.37. The van der Waals surface area contributed by atoms with Crippen LogP contribution in [0.2, 0.25) is 10.2 Å². The van der Waals surface area contributed by atoms with Gasteiger partial charge in [-0.05, 0) is 37.3 Å². The van der Waals surface area contributed by atoms with Gasteiger partial charge in [-0.15, -0.1) is 0 Å². The van der Waals surface area contributed by atoms with Crippen molar-refractivity contribution in [3.63, 3.8) is 0 Å². The van der Waals surface area contributed by atoms with Crippen LogP contribution in [0, 0.1) is 0 Å². The van der Waals surface area contributed by atoms with Gasteiger partial charge in [-0.1, -0.05) is 23.2 Å². The lowest BCUT2D eigenvalue weighted by molar-refractivity contribution is -0.118. The van der Waals surface area contributed by atoms with Crippen LogP contribution < -0.4 is 10.1 Å². The minimum absolute atomic E-state index is 0.187. The van der Waals surface area contributed by atoms with Crippen molar-refractivity contribution in [2.45, 2.75) is 6.92 Å². The van der Waals surface area contributed by atoms with Crippen molar-refractivity contribution in [3.8, 4) is 5.75 Å². The van der Waals surface area contributed by atoms with Crippen LogP contribution in [0.4, 0.5) is 5.69 Å². The predicted octanol–water partition coefficient (Wildman–Crippen LogP) is 3.61. The number of anilines is 1. The number of pyridine rings is 1. The number of rotatable bonds is 5. The predicted molar refractivity (Wildman–Crippen MR) is 84.8 cm³/mol. The summed E-state index contributed by atoms with van der Waals surface area (Å²) in [5, 5.41) is 3.18. The fourth-order valence-corrected chi connectivity index (χ4v) is 2.05. The minimum atomic E-state index is -0.417. The van der Waals surface area contributed by atoms with Gasteiger partial charge in [-0.3, -0.25) is 9.59 Å². The molecule has 0 saturated heterocycles. The SMILES string of the molecule is CC(=O)c1cc(Cl)ccc1OCC(=O)Nc1cccnc1Cl. The van der Waals surface area contributed by atoms with E-state index >= 15 is 0 Å². The Bertz CT molecular complexity index is 720. The van der Waals surface area contributed by atoms with E-state index < -0.39 is 5.91 Å². The first kappa shape index (κ1) is 16.3. The lowest BCUT2D eigenvalue weighted by atomic mass is 10.1. The molecule has 0 atom stereocenters. The van der Waals surface area contributed by atoms with E-state index in [4.69, 9.17) is 27.9 Å². The third kappa shape index (κ3) is 4.19. The molecule has 0 aliphatic carbocycles. The van der Waals surface area contributed by atoms with Gasteiger partial charge in [0.1, 0.15) is 5.75 Å². The molecule has 0 unspecified atom stereocenters. The molecule has 1 N–H and O–H groups in total. The molecule has 114 valence electrons. The summed E-state index contributed by atoms with van der Waals surface area (Å²) in [7, 11) is 0. The normalized spacial score (nSPS) is 10.1. The van der Waals surface area contributed by atoms with Crippen LogP contribution in [-0.2, 0) is 4.79 Å². The smallest absolute Gasteiger partial charge is 0.262 e. The summed E-state index contributed by atoms with van der Waals surface area (Å²) in [6.45, 7) is 1.13. The van der Waals surface area contributed by atoms with Crippen molar-refractivity contribution in [1.29, 1.82) is 0 Å². The van der Waals surface area contributed by atoms with Gasteiger partial charge in [0.25, 0.3) is 5.91 Å². The summed E-state index contributed by atoms with van der Waals surface area (Å²) in [5.41, 5.74) is 0.709. The largest absolute Gasteiger partial charge is 0.483 e. The van der Waals surface area contributed by atoms with Crippen molar-refractivity contribution in [3.05, 3.63) is 52.3 Å². The summed E-state index contributed by atoms with van der Waals surface area (Å²) >= 11 is 11.7. The van der Waals surface area contributed by atoms with Crippen LogP contribution in [0.1, 0.15) is 17.3 Å². The van der Waals surface area contributed by atoms with E-state index in [-0.39, 0.29) is 17.5 Å². The fourth-order valence-electron chi connectivity index (χ4n) is 1.71. The molecule has 5 nitrogen and oxygen atoms in total. The Kier molecular flexibility index (Phi) is 5.35. The van der Waals surface area contributed by atoms with Crippen molar-refractivity contribution < 1.29 is 14.3 Å². The number of carbonyl (C=O) groups is 2. The molecule has 0 bridgehead atoms. The third-order valence-corrected chi connectivity index (χ3v) is 3.25. The van der Waals surface area contributed by atoms with E-state index in [1.165, 1.54) is 19.2 Å². The molecule has 7 heteroatoms. The van der Waals surface area contributed by atoms with E-state index in [1.54, 1.807) is 24.3 Å². The number of hydrogen-bond donors (Lipinski definition) is 1. The zero-order valence-corrected chi connectivity index (χ0v) is 13.1. The Hall–Kier alpha value is -2.11. The molecule has 0 aliphatic heterocycles. The van der Waals surface area contributed by atoms with Gasteiger partial charge >= 0.3 is 0 Å². The van der Waals surface area contributed by atoms with Crippen LogP contribution in [0.15, 0.2) is 36.5 Å². The molecule has 0 fully saturated rings. The van der Waals surface area contributed by atoms with Crippen LogP contribution in [0.25, 0.3) is 0 Å². The maximum Gasteiger partial charge on any atom is 0.262 e. The Morgan fingerprint density at radius 3 is 2.73 bits per heavy atom. The molecule has 1 aromatic carbocycles. The molecule has 2 aromatic rings. The average molecular weight is 339 g/mol. The van der Waals surface area contributed by atoms with Crippen LogP contribution in [0.5, 0.6) is 5.75 Å². The number of benzene rings is 1. The highest BCUT2D eigenvalue weighted by atomic mass is 35.5. The van der Waals surface area contributed by atoms with Crippen molar-refractivity contribution in [2.75, 3.05) is 11.9 Å². The molecule has 0 saturated carbocycles. The molecule has 22 heavy (non-hydrogen) atoms. The van der Waals surface area contributed by atoms with Gasteiger partial charge in [0.2, 0.25) is 0 Å². The second kappa shape index (κ2) is 7.24. The fraction of sp³-hybridized carbons (Fsp3) is 0.133. The molecular weight excluding hydrogens is 327 g/mol. The first-order chi connectivity index (χ1) is 10.5. The molecule has 0 spiro atoms. The molecule has 2 rings (SSSR count). The quantitative estimate of drug-likeness (QED) is 0.667. The maximum absolute atomic E-state index is 11.9. The minimum Gasteiger partial charge on any atom is -0.483 e. The molecule has 1 aromatic heterocycles. The second-order valence-electron chi connectivity index (χ2n) is 4.38. The van der Waals surface area contributed by atoms with Gasteiger partial charge < -0.3 is 10.1 Å². The molecule has 0 radical (unpaired) electrons. The van der Waals surface area contributed by atoms with Crippen molar-refractivity contribution in [2.24, 2.45) is 0 Å². The number of ketones is 1. The summed E-state index contributed by atoms with van der Waals surface area (Å²) in [6.07, 6.45) is 1.52.